The van der Waals surface area contributed by atoms with Crippen LogP contribution in [0.2, 0.25) is 0 Å². The van der Waals surface area contributed by atoms with Crippen molar-refractivity contribution in [2.75, 3.05) is 0 Å². The van der Waals surface area contributed by atoms with Gasteiger partial charge in [0.1, 0.15) is 0 Å². The molecule has 5 heteroatoms. The van der Waals surface area contributed by atoms with Gasteiger partial charge in [0.05, 0.1) is 12.5 Å². The SMILES string of the molecule is CCCC(=O)O.CCCC(=O)O.c1ccoc1. The Labute approximate surface area is 101 Å². The summed E-state index contributed by atoms with van der Waals surface area (Å²) >= 11 is 0. The van der Waals surface area contributed by atoms with Crippen molar-refractivity contribution in [3.63, 3.8) is 0 Å². The number of carbonyl (C=O) groups is 2. The van der Waals surface area contributed by atoms with E-state index in [4.69, 9.17) is 10.2 Å². The van der Waals surface area contributed by atoms with E-state index in [9.17, 15) is 9.59 Å². The molecule has 0 fully saturated rings. The summed E-state index contributed by atoms with van der Waals surface area (Å²) in [7, 11) is 0. The van der Waals surface area contributed by atoms with E-state index in [0.717, 1.165) is 12.8 Å². The molecule has 0 radical (unpaired) electrons. The van der Waals surface area contributed by atoms with Gasteiger partial charge in [0.25, 0.3) is 0 Å². The molecular formula is C12H20O5. The lowest BCUT2D eigenvalue weighted by Crippen LogP contribution is -1.90. The molecule has 17 heavy (non-hydrogen) atoms. The van der Waals surface area contributed by atoms with Crippen LogP contribution in [0.3, 0.4) is 0 Å². The average Bonchev–Trinajstić information content (AvgIpc) is 2.75. The van der Waals surface area contributed by atoms with Gasteiger partial charge >= 0.3 is 11.9 Å². The van der Waals surface area contributed by atoms with Gasteiger partial charge in [-0.05, 0) is 25.0 Å². The fourth-order valence-electron chi connectivity index (χ4n) is 0.655. The van der Waals surface area contributed by atoms with Gasteiger partial charge in [-0.25, -0.2) is 0 Å². The maximum absolute atomic E-state index is 9.60. The number of rotatable bonds is 4. The first kappa shape index (κ1) is 17.6. The first-order valence-electron chi connectivity index (χ1n) is 5.45. The first-order chi connectivity index (χ1) is 8.04. The van der Waals surface area contributed by atoms with Crippen LogP contribution in [0.5, 0.6) is 0 Å². The standard InChI is InChI=1S/2C4H8O2.C4H4O/c2*1-2-3-4(5)6;1-2-4-5-3-1/h2*2-3H2,1H3,(H,5,6);1-4H. The summed E-state index contributed by atoms with van der Waals surface area (Å²) in [6.07, 6.45) is 5.30. The smallest absolute Gasteiger partial charge is 0.303 e. The maximum Gasteiger partial charge on any atom is 0.303 e. The number of hydrogen-bond acceptors (Lipinski definition) is 3. The molecule has 1 rings (SSSR count). The third-order valence-corrected chi connectivity index (χ3v) is 1.35. The van der Waals surface area contributed by atoms with Crippen LogP contribution in [0.25, 0.3) is 0 Å². The van der Waals surface area contributed by atoms with Crippen LogP contribution in [0.15, 0.2) is 29.1 Å². The Morgan fingerprint density at radius 1 is 0.941 bits per heavy atom. The summed E-state index contributed by atoms with van der Waals surface area (Å²) in [5.74, 6) is -1.42. The molecule has 0 saturated carbocycles. The van der Waals surface area contributed by atoms with E-state index in [1.165, 1.54) is 0 Å². The Hall–Kier alpha value is -1.78. The summed E-state index contributed by atoms with van der Waals surface area (Å²) in [4.78, 5) is 19.2. The number of carboxylic acid groups (broad SMARTS) is 2. The van der Waals surface area contributed by atoms with Gasteiger partial charge in [-0.2, -0.15) is 0 Å². The summed E-state index contributed by atoms with van der Waals surface area (Å²) < 4.78 is 4.58. The molecular weight excluding hydrogens is 224 g/mol. The lowest BCUT2D eigenvalue weighted by molar-refractivity contribution is -0.138. The summed E-state index contributed by atoms with van der Waals surface area (Å²) in [6.45, 7) is 3.68. The second-order valence-corrected chi connectivity index (χ2v) is 3.08. The van der Waals surface area contributed by atoms with E-state index in [0.29, 0.717) is 12.8 Å². The number of carboxylic acids is 2. The van der Waals surface area contributed by atoms with E-state index >= 15 is 0 Å². The molecule has 1 heterocycles. The van der Waals surface area contributed by atoms with Crippen molar-refractivity contribution in [3.8, 4) is 0 Å². The van der Waals surface area contributed by atoms with Crippen LogP contribution in [0.1, 0.15) is 39.5 Å². The van der Waals surface area contributed by atoms with Gasteiger partial charge < -0.3 is 14.6 Å². The molecule has 0 amide bonds. The number of hydrogen-bond donors (Lipinski definition) is 2. The Morgan fingerprint density at radius 3 is 1.35 bits per heavy atom. The van der Waals surface area contributed by atoms with Crippen LogP contribution in [0, 0.1) is 0 Å². The van der Waals surface area contributed by atoms with Gasteiger partial charge in [0, 0.05) is 12.8 Å². The van der Waals surface area contributed by atoms with E-state index in [2.05, 4.69) is 4.42 Å². The predicted octanol–water partition coefficient (Wildman–Crippen LogP) is 3.02. The molecule has 5 nitrogen and oxygen atoms in total. The third kappa shape index (κ3) is 25.0. The van der Waals surface area contributed by atoms with Gasteiger partial charge in [0.2, 0.25) is 0 Å². The van der Waals surface area contributed by atoms with E-state index in [1.54, 1.807) is 12.5 Å². The van der Waals surface area contributed by atoms with Crippen molar-refractivity contribution in [2.45, 2.75) is 39.5 Å². The quantitative estimate of drug-likeness (QED) is 0.849. The minimum absolute atomic E-state index is 0.292. The van der Waals surface area contributed by atoms with Crippen LogP contribution < -0.4 is 0 Å². The molecule has 0 bridgehead atoms. The largest absolute Gasteiger partial charge is 0.481 e. The van der Waals surface area contributed by atoms with Crippen molar-refractivity contribution in [2.24, 2.45) is 0 Å². The molecule has 0 unspecified atom stereocenters. The highest BCUT2D eigenvalue weighted by molar-refractivity contribution is 5.66. The fraction of sp³-hybridized carbons (Fsp3) is 0.500. The molecule has 0 saturated heterocycles. The molecule has 0 aliphatic carbocycles. The highest BCUT2D eigenvalue weighted by atomic mass is 16.4. The lowest BCUT2D eigenvalue weighted by Gasteiger charge is -1.79. The molecule has 0 aliphatic rings. The van der Waals surface area contributed by atoms with Crippen molar-refractivity contribution >= 4 is 11.9 Å². The van der Waals surface area contributed by atoms with Crippen LogP contribution >= 0.6 is 0 Å². The normalized spacial score (nSPS) is 8.12. The van der Waals surface area contributed by atoms with Gasteiger partial charge in [0.15, 0.2) is 0 Å². The van der Waals surface area contributed by atoms with Gasteiger partial charge in [-0.15, -0.1) is 0 Å². The zero-order valence-electron chi connectivity index (χ0n) is 10.3. The van der Waals surface area contributed by atoms with Crippen LogP contribution in [-0.4, -0.2) is 22.2 Å². The van der Waals surface area contributed by atoms with Crippen molar-refractivity contribution in [1.82, 2.24) is 0 Å². The molecule has 2 N–H and O–H groups in total. The molecule has 0 aliphatic heterocycles. The Balaban J connectivity index is 0. The molecule has 1 aromatic heterocycles. The van der Waals surface area contributed by atoms with Gasteiger partial charge in [-0.1, -0.05) is 13.8 Å². The zero-order valence-corrected chi connectivity index (χ0v) is 10.3. The molecule has 0 aromatic carbocycles. The lowest BCUT2D eigenvalue weighted by atomic mass is 10.4. The zero-order chi connectivity index (χ0) is 13.5. The van der Waals surface area contributed by atoms with E-state index in [1.807, 2.05) is 26.0 Å². The Kier molecular flexibility index (Phi) is 14.7. The van der Waals surface area contributed by atoms with Gasteiger partial charge in [-0.3, -0.25) is 9.59 Å². The predicted molar refractivity (Wildman–Crippen MR) is 63.8 cm³/mol. The van der Waals surface area contributed by atoms with Crippen LogP contribution in [-0.2, 0) is 9.59 Å². The Bertz CT molecular complexity index is 233. The maximum atomic E-state index is 9.60. The number of furan rings is 1. The minimum atomic E-state index is -0.711. The van der Waals surface area contributed by atoms with E-state index < -0.39 is 11.9 Å². The van der Waals surface area contributed by atoms with Crippen LogP contribution in [0.4, 0.5) is 0 Å². The Morgan fingerprint density at radius 2 is 1.29 bits per heavy atom. The number of aliphatic carboxylic acids is 2. The highest BCUT2D eigenvalue weighted by Gasteiger charge is 1.88. The summed E-state index contributed by atoms with van der Waals surface area (Å²) in [6, 6.07) is 3.67. The average molecular weight is 244 g/mol. The third-order valence-electron chi connectivity index (χ3n) is 1.35. The first-order valence-corrected chi connectivity index (χ1v) is 5.45. The monoisotopic (exact) mass is 244 g/mol. The highest BCUT2D eigenvalue weighted by Crippen LogP contribution is 1.82. The topological polar surface area (TPSA) is 87.7 Å². The van der Waals surface area contributed by atoms with E-state index in [-0.39, 0.29) is 0 Å². The van der Waals surface area contributed by atoms with Crippen molar-refractivity contribution < 1.29 is 24.2 Å². The molecule has 0 atom stereocenters. The fourth-order valence-corrected chi connectivity index (χ4v) is 0.655. The summed E-state index contributed by atoms with van der Waals surface area (Å²) in [5, 5.41) is 15.8. The molecule has 98 valence electrons. The molecule has 1 aromatic rings. The second-order valence-electron chi connectivity index (χ2n) is 3.08. The minimum Gasteiger partial charge on any atom is -0.481 e. The molecule has 0 spiro atoms. The van der Waals surface area contributed by atoms with Crippen molar-refractivity contribution in [3.05, 3.63) is 24.7 Å². The summed E-state index contributed by atoms with van der Waals surface area (Å²) in [5.41, 5.74) is 0. The second kappa shape index (κ2) is 14.2. The van der Waals surface area contributed by atoms with Crippen molar-refractivity contribution in [1.29, 1.82) is 0 Å².